The maximum Gasteiger partial charge on any atom is 0.227 e. The normalized spacial score (nSPS) is 12.0. The number of nitrogens with two attached hydrogens (primary N) is 1. The lowest BCUT2D eigenvalue weighted by atomic mass is 10.0. The van der Waals surface area contributed by atoms with Gasteiger partial charge in [-0.25, -0.2) is 0 Å². The standard InChI is InChI=1S/C18H22N2O/c1-13-8-10-15(11-9-13)14(2)20(3)18(21)12-16-6-4-5-7-17(16)19/h4-11,14H,12,19H2,1-3H3. The maximum atomic E-state index is 12.4. The number of aryl methyl sites for hydroxylation is 1. The monoisotopic (exact) mass is 282 g/mol. The summed E-state index contributed by atoms with van der Waals surface area (Å²) in [5.41, 5.74) is 9.81. The van der Waals surface area contributed by atoms with E-state index >= 15 is 0 Å². The highest BCUT2D eigenvalue weighted by atomic mass is 16.2. The number of nitrogens with zero attached hydrogens (tertiary/aromatic N) is 1. The summed E-state index contributed by atoms with van der Waals surface area (Å²) < 4.78 is 0. The summed E-state index contributed by atoms with van der Waals surface area (Å²) in [7, 11) is 1.84. The maximum absolute atomic E-state index is 12.4. The van der Waals surface area contributed by atoms with Gasteiger partial charge in [0.15, 0.2) is 0 Å². The number of likely N-dealkylation sites (N-methyl/N-ethyl adjacent to an activating group) is 1. The Labute approximate surface area is 126 Å². The molecular formula is C18H22N2O. The third-order valence-corrected chi connectivity index (χ3v) is 3.93. The molecule has 0 aromatic heterocycles. The Morgan fingerprint density at radius 1 is 1.14 bits per heavy atom. The fraction of sp³-hybridized carbons (Fsp3) is 0.278. The van der Waals surface area contributed by atoms with Crippen molar-refractivity contribution in [3.05, 3.63) is 65.2 Å². The van der Waals surface area contributed by atoms with Crippen LogP contribution in [0.5, 0.6) is 0 Å². The number of anilines is 1. The second kappa shape index (κ2) is 6.44. The summed E-state index contributed by atoms with van der Waals surface area (Å²) >= 11 is 0. The first-order valence-electron chi connectivity index (χ1n) is 7.14. The minimum absolute atomic E-state index is 0.0445. The fourth-order valence-corrected chi connectivity index (χ4v) is 2.27. The second-order valence-electron chi connectivity index (χ2n) is 5.47. The van der Waals surface area contributed by atoms with Crippen molar-refractivity contribution >= 4 is 11.6 Å². The van der Waals surface area contributed by atoms with Crippen molar-refractivity contribution in [3.8, 4) is 0 Å². The molecular weight excluding hydrogens is 260 g/mol. The molecule has 0 saturated carbocycles. The Bertz CT molecular complexity index is 619. The van der Waals surface area contributed by atoms with Crippen molar-refractivity contribution in [2.75, 3.05) is 12.8 Å². The van der Waals surface area contributed by atoms with Crippen molar-refractivity contribution in [3.63, 3.8) is 0 Å². The first-order chi connectivity index (χ1) is 9.99. The molecule has 3 heteroatoms. The third-order valence-electron chi connectivity index (χ3n) is 3.93. The van der Waals surface area contributed by atoms with E-state index in [1.165, 1.54) is 5.56 Å². The Morgan fingerprint density at radius 2 is 1.76 bits per heavy atom. The van der Waals surface area contributed by atoms with E-state index in [2.05, 4.69) is 31.2 Å². The van der Waals surface area contributed by atoms with Crippen molar-refractivity contribution in [2.24, 2.45) is 0 Å². The number of para-hydroxylation sites is 1. The number of hydrogen-bond donors (Lipinski definition) is 1. The Hall–Kier alpha value is -2.29. The van der Waals surface area contributed by atoms with Gasteiger partial charge in [0.1, 0.15) is 0 Å². The summed E-state index contributed by atoms with van der Waals surface area (Å²) in [5.74, 6) is 0.0703. The molecule has 0 bridgehead atoms. The molecule has 1 amide bonds. The van der Waals surface area contributed by atoms with Crippen LogP contribution in [-0.4, -0.2) is 17.9 Å². The van der Waals surface area contributed by atoms with Gasteiger partial charge in [0.05, 0.1) is 12.5 Å². The highest BCUT2D eigenvalue weighted by Crippen LogP contribution is 2.21. The van der Waals surface area contributed by atoms with E-state index in [9.17, 15) is 4.79 Å². The molecule has 2 rings (SSSR count). The molecule has 3 nitrogen and oxygen atoms in total. The molecule has 0 radical (unpaired) electrons. The molecule has 0 heterocycles. The van der Waals surface area contributed by atoms with E-state index in [-0.39, 0.29) is 11.9 Å². The van der Waals surface area contributed by atoms with Crippen molar-refractivity contribution in [1.82, 2.24) is 4.90 Å². The number of amides is 1. The van der Waals surface area contributed by atoms with E-state index in [4.69, 9.17) is 5.73 Å². The predicted octanol–water partition coefficient (Wildman–Crippen LogP) is 3.34. The van der Waals surface area contributed by atoms with Gasteiger partial charge < -0.3 is 10.6 Å². The van der Waals surface area contributed by atoms with Crippen LogP contribution in [0.2, 0.25) is 0 Å². The largest absolute Gasteiger partial charge is 0.398 e. The Kier molecular flexibility index (Phi) is 4.63. The van der Waals surface area contributed by atoms with Crippen LogP contribution in [0.15, 0.2) is 48.5 Å². The van der Waals surface area contributed by atoms with E-state index < -0.39 is 0 Å². The molecule has 1 atom stereocenters. The predicted molar refractivity (Wildman–Crippen MR) is 86.9 cm³/mol. The molecule has 0 spiro atoms. The lowest BCUT2D eigenvalue weighted by Crippen LogP contribution is -2.31. The van der Waals surface area contributed by atoms with Gasteiger partial charge in [-0.15, -0.1) is 0 Å². The third kappa shape index (κ3) is 3.63. The highest BCUT2D eigenvalue weighted by molar-refractivity contribution is 5.80. The quantitative estimate of drug-likeness (QED) is 0.874. The molecule has 0 fully saturated rings. The number of rotatable bonds is 4. The second-order valence-corrected chi connectivity index (χ2v) is 5.47. The van der Waals surface area contributed by atoms with Crippen molar-refractivity contribution < 1.29 is 4.79 Å². The summed E-state index contributed by atoms with van der Waals surface area (Å²) in [6.45, 7) is 4.10. The SMILES string of the molecule is Cc1ccc(C(C)N(C)C(=O)Cc2ccccc2N)cc1. The van der Waals surface area contributed by atoms with Gasteiger partial charge in [-0.3, -0.25) is 4.79 Å². The molecule has 2 aromatic rings. The lowest BCUT2D eigenvalue weighted by molar-refractivity contribution is -0.131. The first-order valence-corrected chi connectivity index (χ1v) is 7.14. The van der Waals surface area contributed by atoms with E-state index in [1.807, 2.05) is 38.2 Å². The summed E-state index contributed by atoms with van der Waals surface area (Å²) in [4.78, 5) is 14.2. The van der Waals surface area contributed by atoms with Crippen LogP contribution < -0.4 is 5.73 Å². The Balaban J connectivity index is 2.08. The smallest absolute Gasteiger partial charge is 0.227 e. The van der Waals surface area contributed by atoms with Gasteiger partial charge in [-0.05, 0) is 31.0 Å². The van der Waals surface area contributed by atoms with E-state index in [0.29, 0.717) is 12.1 Å². The zero-order valence-electron chi connectivity index (χ0n) is 12.8. The fourth-order valence-electron chi connectivity index (χ4n) is 2.27. The van der Waals surface area contributed by atoms with Gasteiger partial charge >= 0.3 is 0 Å². The molecule has 21 heavy (non-hydrogen) atoms. The van der Waals surface area contributed by atoms with Crippen LogP contribution in [-0.2, 0) is 11.2 Å². The average molecular weight is 282 g/mol. The van der Waals surface area contributed by atoms with Crippen LogP contribution in [0.4, 0.5) is 5.69 Å². The minimum atomic E-state index is 0.0445. The zero-order valence-corrected chi connectivity index (χ0v) is 12.8. The number of carbonyl (C=O) groups is 1. The minimum Gasteiger partial charge on any atom is -0.398 e. The Morgan fingerprint density at radius 3 is 2.38 bits per heavy atom. The highest BCUT2D eigenvalue weighted by Gasteiger charge is 2.18. The summed E-state index contributed by atoms with van der Waals surface area (Å²) in [6.07, 6.45) is 0.333. The molecule has 0 saturated heterocycles. The topological polar surface area (TPSA) is 46.3 Å². The summed E-state index contributed by atoms with van der Waals surface area (Å²) in [5, 5.41) is 0. The molecule has 2 N–H and O–H groups in total. The van der Waals surface area contributed by atoms with Gasteiger partial charge in [0.25, 0.3) is 0 Å². The van der Waals surface area contributed by atoms with Crippen LogP contribution in [0.1, 0.15) is 29.7 Å². The van der Waals surface area contributed by atoms with Gasteiger partial charge in [-0.1, -0.05) is 48.0 Å². The van der Waals surface area contributed by atoms with Crippen LogP contribution >= 0.6 is 0 Å². The molecule has 0 aliphatic rings. The molecule has 2 aromatic carbocycles. The number of nitrogen functional groups attached to an aromatic ring is 1. The first kappa shape index (κ1) is 15.1. The number of hydrogen-bond acceptors (Lipinski definition) is 2. The van der Waals surface area contributed by atoms with Crippen molar-refractivity contribution in [1.29, 1.82) is 0 Å². The van der Waals surface area contributed by atoms with Crippen molar-refractivity contribution in [2.45, 2.75) is 26.3 Å². The van der Waals surface area contributed by atoms with Gasteiger partial charge in [-0.2, -0.15) is 0 Å². The number of carbonyl (C=O) groups excluding carboxylic acids is 1. The molecule has 1 unspecified atom stereocenters. The zero-order chi connectivity index (χ0) is 15.4. The van der Waals surface area contributed by atoms with E-state index in [0.717, 1.165) is 11.1 Å². The van der Waals surface area contributed by atoms with Crippen LogP contribution in [0.3, 0.4) is 0 Å². The van der Waals surface area contributed by atoms with Gasteiger partial charge in [0, 0.05) is 12.7 Å². The molecule has 0 aliphatic carbocycles. The summed E-state index contributed by atoms with van der Waals surface area (Å²) in [6, 6.07) is 15.8. The molecule has 0 aliphatic heterocycles. The van der Waals surface area contributed by atoms with Crippen LogP contribution in [0, 0.1) is 6.92 Å². The lowest BCUT2D eigenvalue weighted by Gasteiger charge is -2.26. The molecule has 110 valence electrons. The van der Waals surface area contributed by atoms with Crippen LogP contribution in [0.25, 0.3) is 0 Å². The average Bonchev–Trinajstić information content (AvgIpc) is 2.49. The number of benzene rings is 2. The van der Waals surface area contributed by atoms with Gasteiger partial charge in [0.2, 0.25) is 5.91 Å². The van der Waals surface area contributed by atoms with E-state index in [1.54, 1.807) is 4.90 Å².